The molecular formula is C28H30O7. The van der Waals surface area contributed by atoms with Crippen LogP contribution in [0.15, 0.2) is 91.0 Å². The van der Waals surface area contributed by atoms with E-state index < -0.39 is 36.5 Å². The molecule has 184 valence electrons. The number of hydrogen-bond donors (Lipinski definition) is 2. The summed E-state index contributed by atoms with van der Waals surface area (Å²) in [6, 6.07) is 28.8. The van der Waals surface area contributed by atoms with E-state index in [4.69, 9.17) is 18.9 Å². The molecular weight excluding hydrogens is 448 g/mol. The Hall–Kier alpha value is -3.07. The van der Waals surface area contributed by atoms with Crippen molar-refractivity contribution in [2.24, 2.45) is 0 Å². The first-order valence-electron chi connectivity index (χ1n) is 11.6. The Kier molecular flexibility index (Phi) is 9.00. The van der Waals surface area contributed by atoms with Crippen molar-refractivity contribution < 1.29 is 34.0 Å². The van der Waals surface area contributed by atoms with Gasteiger partial charge in [-0.05, 0) is 16.7 Å². The number of carbonyl (C=O) groups is 1. The smallest absolute Gasteiger partial charge is 0.335 e. The summed E-state index contributed by atoms with van der Waals surface area (Å²) in [7, 11) is 0. The van der Waals surface area contributed by atoms with Crippen molar-refractivity contribution in [3.05, 3.63) is 108 Å². The van der Waals surface area contributed by atoms with Crippen molar-refractivity contribution in [3.63, 3.8) is 0 Å². The van der Waals surface area contributed by atoms with E-state index >= 15 is 0 Å². The highest BCUT2D eigenvalue weighted by atomic mass is 16.6. The highest BCUT2D eigenvalue weighted by Gasteiger charge is 2.55. The molecule has 0 aliphatic carbocycles. The first-order chi connectivity index (χ1) is 17.2. The molecule has 1 saturated heterocycles. The normalized spacial score (nSPS) is 19.6. The number of carboxylic acid groups (broad SMARTS) is 1. The summed E-state index contributed by atoms with van der Waals surface area (Å²) in [6.45, 7) is 0.407. The fourth-order valence-corrected chi connectivity index (χ4v) is 3.93. The predicted octanol–water partition coefficient (Wildman–Crippen LogP) is 3.59. The van der Waals surface area contributed by atoms with Crippen LogP contribution in [0.3, 0.4) is 0 Å². The lowest BCUT2D eigenvalue weighted by molar-refractivity contribution is -0.166. The second-order valence-electron chi connectivity index (χ2n) is 8.40. The number of hydrogen-bond acceptors (Lipinski definition) is 6. The minimum absolute atomic E-state index is 0.236. The van der Waals surface area contributed by atoms with Gasteiger partial charge in [-0.2, -0.15) is 0 Å². The molecule has 35 heavy (non-hydrogen) atoms. The molecule has 3 aromatic rings. The minimum Gasteiger partial charge on any atom is -0.479 e. The van der Waals surface area contributed by atoms with Gasteiger partial charge in [0, 0.05) is 0 Å². The molecule has 1 aliphatic rings. The first kappa shape index (κ1) is 25.0. The van der Waals surface area contributed by atoms with Crippen LogP contribution in [0, 0.1) is 0 Å². The van der Waals surface area contributed by atoms with Gasteiger partial charge < -0.3 is 29.2 Å². The molecule has 0 bridgehead atoms. The van der Waals surface area contributed by atoms with Crippen LogP contribution in [0.5, 0.6) is 0 Å². The average molecular weight is 479 g/mol. The number of benzene rings is 3. The molecule has 0 unspecified atom stereocenters. The quantitative estimate of drug-likeness (QED) is 0.342. The fraction of sp³-hybridized carbons (Fsp3) is 0.321. The molecule has 7 heteroatoms. The second kappa shape index (κ2) is 12.6. The molecule has 7 nitrogen and oxygen atoms in total. The maximum atomic E-state index is 11.6. The summed E-state index contributed by atoms with van der Waals surface area (Å²) in [5.41, 5.74) is 2.81. The summed E-state index contributed by atoms with van der Waals surface area (Å²) >= 11 is 0. The molecule has 0 radical (unpaired) electrons. The number of rotatable bonds is 14. The highest BCUT2D eigenvalue weighted by Crippen LogP contribution is 2.33. The predicted molar refractivity (Wildman–Crippen MR) is 128 cm³/mol. The van der Waals surface area contributed by atoms with E-state index in [0.717, 1.165) is 16.7 Å². The van der Waals surface area contributed by atoms with Crippen molar-refractivity contribution in [1.29, 1.82) is 0 Å². The summed E-state index contributed by atoms with van der Waals surface area (Å²) < 4.78 is 24.0. The zero-order valence-electron chi connectivity index (χ0n) is 19.3. The standard InChI is InChI=1S/C28H30O7/c29-16-23(32-17-20-10-4-1-5-11-20)24(33-18-21-12-6-2-7-13-21)25(26-27(35-26)28(30)31)34-19-22-14-8-3-9-15-22/h1-15,23-27,29H,16-19H2,(H,30,31)/t23-,24+,25-,26+,27+/m1/s1. The second-order valence-corrected chi connectivity index (χ2v) is 8.40. The van der Waals surface area contributed by atoms with E-state index in [2.05, 4.69) is 0 Å². The molecule has 5 atom stereocenters. The maximum absolute atomic E-state index is 11.6. The minimum atomic E-state index is -1.06. The number of ether oxygens (including phenoxy) is 4. The van der Waals surface area contributed by atoms with Gasteiger partial charge in [-0.15, -0.1) is 0 Å². The summed E-state index contributed by atoms with van der Waals surface area (Å²) in [4.78, 5) is 11.6. The third kappa shape index (κ3) is 7.21. The molecule has 1 fully saturated rings. The number of aliphatic carboxylic acids is 1. The topological polar surface area (TPSA) is 97.8 Å². The highest BCUT2D eigenvalue weighted by molar-refractivity contribution is 5.76. The van der Waals surface area contributed by atoms with E-state index in [-0.39, 0.29) is 26.4 Å². The Morgan fingerprint density at radius 2 is 1.20 bits per heavy atom. The maximum Gasteiger partial charge on any atom is 0.335 e. The zero-order valence-corrected chi connectivity index (χ0v) is 19.3. The van der Waals surface area contributed by atoms with Crippen LogP contribution in [-0.2, 0) is 43.6 Å². The van der Waals surface area contributed by atoms with Gasteiger partial charge >= 0.3 is 5.97 Å². The van der Waals surface area contributed by atoms with Crippen LogP contribution in [-0.4, -0.2) is 53.3 Å². The molecule has 0 spiro atoms. The van der Waals surface area contributed by atoms with Crippen LogP contribution in [0.4, 0.5) is 0 Å². The summed E-state index contributed by atoms with van der Waals surface area (Å²) in [5.74, 6) is -1.06. The number of carboxylic acids is 1. The SMILES string of the molecule is O=C(O)[C@H]1O[C@H]1[C@H](OCc1ccccc1)[C@@H](OCc1ccccc1)[C@@H](CO)OCc1ccccc1. The summed E-state index contributed by atoms with van der Waals surface area (Å²) in [5, 5.41) is 19.8. The van der Waals surface area contributed by atoms with E-state index in [1.54, 1.807) is 0 Å². The fourth-order valence-electron chi connectivity index (χ4n) is 3.93. The third-order valence-corrected chi connectivity index (χ3v) is 5.84. The van der Waals surface area contributed by atoms with E-state index in [0.29, 0.717) is 0 Å². The lowest BCUT2D eigenvalue weighted by Gasteiger charge is -2.32. The van der Waals surface area contributed by atoms with Crippen molar-refractivity contribution in [1.82, 2.24) is 0 Å². The van der Waals surface area contributed by atoms with Crippen LogP contribution >= 0.6 is 0 Å². The van der Waals surface area contributed by atoms with E-state index in [1.807, 2.05) is 91.0 Å². The van der Waals surface area contributed by atoms with Gasteiger partial charge in [-0.3, -0.25) is 0 Å². The molecule has 1 heterocycles. The van der Waals surface area contributed by atoms with Gasteiger partial charge in [0.05, 0.1) is 26.4 Å². The van der Waals surface area contributed by atoms with Gasteiger partial charge in [0.2, 0.25) is 0 Å². The molecule has 0 saturated carbocycles. The average Bonchev–Trinajstić information content (AvgIpc) is 3.70. The van der Waals surface area contributed by atoms with Crippen LogP contribution in [0.1, 0.15) is 16.7 Å². The van der Waals surface area contributed by atoms with Crippen LogP contribution in [0.2, 0.25) is 0 Å². The van der Waals surface area contributed by atoms with E-state index in [9.17, 15) is 15.0 Å². The van der Waals surface area contributed by atoms with Crippen molar-refractivity contribution >= 4 is 5.97 Å². The number of aliphatic hydroxyl groups is 1. The lowest BCUT2D eigenvalue weighted by atomic mass is 10.0. The van der Waals surface area contributed by atoms with Gasteiger partial charge in [-0.25, -0.2) is 4.79 Å². The largest absolute Gasteiger partial charge is 0.479 e. The molecule has 3 aromatic carbocycles. The Bertz CT molecular complexity index is 1030. The van der Waals surface area contributed by atoms with Gasteiger partial charge in [0.1, 0.15) is 24.4 Å². The molecule has 1 aliphatic heterocycles. The summed E-state index contributed by atoms with van der Waals surface area (Å²) in [6.07, 6.45) is -4.02. The zero-order chi connectivity index (χ0) is 24.5. The Morgan fingerprint density at radius 3 is 1.63 bits per heavy atom. The Labute approximate surface area is 204 Å². The van der Waals surface area contributed by atoms with Gasteiger partial charge in [0.25, 0.3) is 0 Å². The molecule has 2 N–H and O–H groups in total. The Balaban J connectivity index is 1.55. The first-order valence-corrected chi connectivity index (χ1v) is 11.6. The monoisotopic (exact) mass is 478 g/mol. The number of epoxide rings is 1. The van der Waals surface area contributed by atoms with Gasteiger partial charge in [-0.1, -0.05) is 91.0 Å². The third-order valence-electron chi connectivity index (χ3n) is 5.84. The lowest BCUT2D eigenvalue weighted by Crippen LogP contribution is -2.48. The molecule has 0 aromatic heterocycles. The molecule has 4 rings (SSSR count). The Morgan fingerprint density at radius 1 is 0.743 bits per heavy atom. The molecule has 0 amide bonds. The van der Waals surface area contributed by atoms with Crippen molar-refractivity contribution in [2.45, 2.75) is 50.3 Å². The van der Waals surface area contributed by atoms with Crippen LogP contribution < -0.4 is 0 Å². The van der Waals surface area contributed by atoms with Crippen LogP contribution in [0.25, 0.3) is 0 Å². The van der Waals surface area contributed by atoms with E-state index in [1.165, 1.54) is 0 Å². The number of aliphatic hydroxyl groups excluding tert-OH is 1. The van der Waals surface area contributed by atoms with Crippen molar-refractivity contribution in [2.75, 3.05) is 6.61 Å². The van der Waals surface area contributed by atoms with Gasteiger partial charge in [0.15, 0.2) is 6.10 Å². The van der Waals surface area contributed by atoms with Crippen molar-refractivity contribution in [3.8, 4) is 0 Å².